The Labute approximate surface area is 70.9 Å². The molecule has 0 bridgehead atoms. The van der Waals surface area contributed by atoms with Gasteiger partial charge in [0.2, 0.25) is 0 Å². The number of rotatable bonds is 1. The quantitative estimate of drug-likeness (QED) is 0.512. The highest BCUT2D eigenvalue weighted by Crippen LogP contribution is 2.12. The van der Waals surface area contributed by atoms with Crippen LogP contribution in [0, 0.1) is 0 Å². The first kappa shape index (κ1) is 9.28. The second-order valence-corrected chi connectivity index (χ2v) is 3.10. The Hall–Kier alpha value is -0.810. The van der Waals surface area contributed by atoms with Crippen LogP contribution in [0.3, 0.4) is 0 Å². The van der Waals surface area contributed by atoms with Crippen molar-refractivity contribution < 1.29 is 14.6 Å². The highest BCUT2D eigenvalue weighted by molar-refractivity contribution is 5.65. The highest BCUT2D eigenvalue weighted by atomic mass is 16.5. The van der Waals surface area contributed by atoms with Gasteiger partial charge in [-0.2, -0.15) is 0 Å². The predicted octanol–water partition coefficient (Wildman–Crippen LogP) is -0.241. The van der Waals surface area contributed by atoms with Gasteiger partial charge in [-0.1, -0.05) is 0 Å². The zero-order valence-corrected chi connectivity index (χ0v) is 6.99. The number of nitrogens with one attached hydrogen (secondary N) is 1. The van der Waals surface area contributed by atoms with Crippen molar-refractivity contribution in [2.24, 2.45) is 5.73 Å². The molecule has 70 valence electrons. The van der Waals surface area contributed by atoms with Crippen LogP contribution in [0.25, 0.3) is 0 Å². The SMILES string of the molecule is CC1C[C@H](NC(=O)O)[C@H](N)CO1. The minimum atomic E-state index is -1.02. The van der Waals surface area contributed by atoms with Gasteiger partial charge in [0.15, 0.2) is 0 Å². The third-order valence-electron chi connectivity index (χ3n) is 1.98. The molecule has 5 nitrogen and oxygen atoms in total. The van der Waals surface area contributed by atoms with Gasteiger partial charge < -0.3 is 20.9 Å². The summed E-state index contributed by atoms with van der Waals surface area (Å²) in [4.78, 5) is 10.3. The van der Waals surface area contributed by atoms with E-state index in [1.807, 2.05) is 6.92 Å². The second-order valence-electron chi connectivity index (χ2n) is 3.10. The van der Waals surface area contributed by atoms with Crippen LogP contribution in [-0.4, -0.2) is 36.0 Å². The van der Waals surface area contributed by atoms with Crippen LogP contribution in [0.5, 0.6) is 0 Å². The average molecular weight is 174 g/mol. The van der Waals surface area contributed by atoms with Crippen molar-refractivity contribution in [1.82, 2.24) is 5.32 Å². The molecule has 12 heavy (non-hydrogen) atoms. The Morgan fingerprint density at radius 2 is 2.42 bits per heavy atom. The summed E-state index contributed by atoms with van der Waals surface area (Å²) in [6, 6.07) is -0.399. The van der Waals surface area contributed by atoms with Crippen LogP contribution in [-0.2, 0) is 4.74 Å². The molecule has 1 aliphatic heterocycles. The zero-order chi connectivity index (χ0) is 9.14. The van der Waals surface area contributed by atoms with Gasteiger partial charge in [-0.15, -0.1) is 0 Å². The van der Waals surface area contributed by atoms with E-state index in [9.17, 15) is 4.79 Å². The van der Waals surface area contributed by atoms with Crippen molar-refractivity contribution in [2.45, 2.75) is 31.5 Å². The van der Waals surface area contributed by atoms with Crippen LogP contribution in [0.4, 0.5) is 4.79 Å². The number of hydrogen-bond donors (Lipinski definition) is 3. The maximum atomic E-state index is 10.3. The summed E-state index contributed by atoms with van der Waals surface area (Å²) in [6.45, 7) is 2.33. The van der Waals surface area contributed by atoms with E-state index in [-0.39, 0.29) is 18.2 Å². The fourth-order valence-electron chi connectivity index (χ4n) is 1.32. The Morgan fingerprint density at radius 3 is 3.00 bits per heavy atom. The van der Waals surface area contributed by atoms with Gasteiger partial charge in [0.05, 0.1) is 18.8 Å². The number of carboxylic acid groups (broad SMARTS) is 1. The molecular formula is C7H14N2O3. The normalized spacial score (nSPS) is 36.0. The molecule has 0 saturated carbocycles. The third kappa shape index (κ3) is 2.35. The largest absolute Gasteiger partial charge is 0.465 e. The Morgan fingerprint density at radius 1 is 1.75 bits per heavy atom. The minimum absolute atomic E-state index is 0.0849. The summed E-state index contributed by atoms with van der Waals surface area (Å²) in [5.41, 5.74) is 5.64. The van der Waals surface area contributed by atoms with Crippen LogP contribution in [0.15, 0.2) is 0 Å². The molecule has 1 saturated heterocycles. The van der Waals surface area contributed by atoms with Crippen LogP contribution in [0.1, 0.15) is 13.3 Å². The van der Waals surface area contributed by atoms with Crippen LogP contribution >= 0.6 is 0 Å². The first-order valence-corrected chi connectivity index (χ1v) is 3.96. The lowest BCUT2D eigenvalue weighted by molar-refractivity contribution is 0.00187. The molecule has 0 aromatic carbocycles. The number of amides is 1. The van der Waals surface area contributed by atoms with E-state index in [1.165, 1.54) is 0 Å². The van der Waals surface area contributed by atoms with Gasteiger partial charge in [-0.3, -0.25) is 0 Å². The van der Waals surface area contributed by atoms with E-state index < -0.39 is 6.09 Å². The molecule has 1 rings (SSSR count). The molecular weight excluding hydrogens is 160 g/mol. The van der Waals surface area contributed by atoms with E-state index in [0.29, 0.717) is 13.0 Å². The summed E-state index contributed by atoms with van der Waals surface area (Å²) >= 11 is 0. The molecule has 1 fully saturated rings. The summed E-state index contributed by atoms with van der Waals surface area (Å²) in [7, 11) is 0. The second kappa shape index (κ2) is 3.73. The molecule has 0 aromatic rings. The standard InChI is InChI=1S/C7H14N2O3/c1-4-2-6(9-7(10)11)5(8)3-12-4/h4-6,9H,2-3,8H2,1H3,(H,10,11)/t4?,5-,6+/m1/s1. The van der Waals surface area contributed by atoms with E-state index in [1.54, 1.807) is 0 Å². The lowest BCUT2D eigenvalue weighted by Crippen LogP contribution is -2.54. The van der Waals surface area contributed by atoms with Gasteiger partial charge in [0, 0.05) is 6.04 Å². The zero-order valence-electron chi connectivity index (χ0n) is 6.99. The minimum Gasteiger partial charge on any atom is -0.465 e. The van der Waals surface area contributed by atoms with E-state index in [4.69, 9.17) is 15.6 Å². The fourth-order valence-corrected chi connectivity index (χ4v) is 1.32. The predicted molar refractivity (Wildman–Crippen MR) is 43.0 cm³/mol. The van der Waals surface area contributed by atoms with Crippen molar-refractivity contribution in [3.8, 4) is 0 Å². The van der Waals surface area contributed by atoms with Crippen molar-refractivity contribution in [3.63, 3.8) is 0 Å². The number of nitrogens with two attached hydrogens (primary N) is 1. The monoisotopic (exact) mass is 174 g/mol. The molecule has 1 aliphatic rings. The molecule has 1 amide bonds. The van der Waals surface area contributed by atoms with Crippen molar-refractivity contribution in [3.05, 3.63) is 0 Å². The third-order valence-corrected chi connectivity index (χ3v) is 1.98. The van der Waals surface area contributed by atoms with Gasteiger partial charge in [0.1, 0.15) is 0 Å². The average Bonchev–Trinajstić information content (AvgIpc) is 1.96. The van der Waals surface area contributed by atoms with Gasteiger partial charge in [-0.25, -0.2) is 4.79 Å². The molecule has 1 unspecified atom stereocenters. The maximum Gasteiger partial charge on any atom is 0.404 e. The molecule has 3 atom stereocenters. The summed E-state index contributed by atoms with van der Waals surface area (Å²) < 4.78 is 5.24. The first-order chi connectivity index (χ1) is 5.59. The molecule has 0 aliphatic carbocycles. The number of carbonyl (C=O) groups is 1. The molecule has 1 heterocycles. The lowest BCUT2D eigenvalue weighted by Gasteiger charge is -2.32. The lowest BCUT2D eigenvalue weighted by atomic mass is 10.0. The summed E-state index contributed by atoms with van der Waals surface area (Å²) in [5, 5.41) is 10.8. The fraction of sp³-hybridized carbons (Fsp3) is 0.857. The first-order valence-electron chi connectivity index (χ1n) is 3.96. The summed E-state index contributed by atoms with van der Waals surface area (Å²) in [6.07, 6.45) is -0.292. The molecule has 0 spiro atoms. The van der Waals surface area contributed by atoms with Gasteiger partial charge in [0.25, 0.3) is 0 Å². The van der Waals surface area contributed by atoms with Crippen molar-refractivity contribution in [1.29, 1.82) is 0 Å². The maximum absolute atomic E-state index is 10.3. The van der Waals surface area contributed by atoms with Gasteiger partial charge in [-0.05, 0) is 13.3 Å². The molecule has 0 aromatic heterocycles. The van der Waals surface area contributed by atoms with E-state index in [0.717, 1.165) is 0 Å². The molecule has 4 N–H and O–H groups in total. The van der Waals surface area contributed by atoms with Crippen molar-refractivity contribution >= 4 is 6.09 Å². The molecule has 5 heteroatoms. The van der Waals surface area contributed by atoms with Crippen LogP contribution in [0.2, 0.25) is 0 Å². The van der Waals surface area contributed by atoms with E-state index >= 15 is 0 Å². The Bertz CT molecular complexity index is 174. The smallest absolute Gasteiger partial charge is 0.404 e. The summed E-state index contributed by atoms with van der Waals surface area (Å²) in [5.74, 6) is 0. The Balaban J connectivity index is 2.43. The number of hydrogen-bond acceptors (Lipinski definition) is 3. The Kier molecular flexibility index (Phi) is 2.88. The van der Waals surface area contributed by atoms with Crippen LogP contribution < -0.4 is 11.1 Å². The number of ether oxygens (including phenoxy) is 1. The highest BCUT2D eigenvalue weighted by Gasteiger charge is 2.27. The van der Waals surface area contributed by atoms with Crippen molar-refractivity contribution in [2.75, 3.05) is 6.61 Å². The van der Waals surface area contributed by atoms with Gasteiger partial charge >= 0.3 is 6.09 Å². The molecule has 0 radical (unpaired) electrons. The topological polar surface area (TPSA) is 84.6 Å². The van der Waals surface area contributed by atoms with E-state index in [2.05, 4.69) is 5.32 Å².